The van der Waals surface area contributed by atoms with Gasteiger partial charge in [0.15, 0.2) is 17.3 Å². The minimum atomic E-state index is 0.641. The summed E-state index contributed by atoms with van der Waals surface area (Å²) >= 11 is 0. The lowest BCUT2D eigenvalue weighted by Crippen LogP contribution is -1.93. The van der Waals surface area contributed by atoms with E-state index in [1.54, 1.807) is 26.6 Å². The molecule has 0 radical (unpaired) electrons. The monoisotopic (exact) mass is 321 g/mol. The van der Waals surface area contributed by atoms with Gasteiger partial charge in [-0.2, -0.15) is 0 Å². The second-order valence-corrected chi connectivity index (χ2v) is 5.21. The molecule has 1 aromatic carbocycles. The third-order valence-electron chi connectivity index (χ3n) is 3.96. The average molecular weight is 321 g/mol. The van der Waals surface area contributed by atoms with Crippen molar-refractivity contribution in [3.05, 3.63) is 48.9 Å². The van der Waals surface area contributed by atoms with Gasteiger partial charge in [-0.3, -0.25) is 0 Å². The van der Waals surface area contributed by atoms with Crippen LogP contribution in [0.2, 0.25) is 0 Å². The lowest BCUT2D eigenvalue weighted by molar-refractivity contribution is 0.356. The number of methoxy groups -OCH3 is 2. The molecule has 6 heteroatoms. The number of fused-ring (bicyclic) bond motifs is 1. The van der Waals surface area contributed by atoms with Gasteiger partial charge in [0.2, 0.25) is 0 Å². The standard InChI is InChI=1S/C18H15N3O3/c1-22-15-7-3-5-11(17(15)23-2)14-10-21-24-16(14)13-9-20-18-12(13)6-4-8-19-18/h3-10H,1-2H3,(H,19,20). The highest BCUT2D eigenvalue weighted by Crippen LogP contribution is 2.43. The van der Waals surface area contributed by atoms with Gasteiger partial charge in [-0.15, -0.1) is 0 Å². The number of benzene rings is 1. The third kappa shape index (κ3) is 2.11. The van der Waals surface area contributed by atoms with Gasteiger partial charge in [0.05, 0.1) is 26.0 Å². The molecule has 1 N–H and O–H groups in total. The van der Waals surface area contributed by atoms with Crippen LogP contribution in [0.3, 0.4) is 0 Å². The number of aromatic amines is 1. The summed E-state index contributed by atoms with van der Waals surface area (Å²) in [6.45, 7) is 0. The van der Waals surface area contributed by atoms with E-state index in [0.29, 0.717) is 17.3 Å². The molecule has 0 bridgehead atoms. The number of para-hydroxylation sites is 1. The van der Waals surface area contributed by atoms with E-state index in [9.17, 15) is 0 Å². The molecule has 0 unspecified atom stereocenters. The zero-order valence-electron chi connectivity index (χ0n) is 13.2. The highest BCUT2D eigenvalue weighted by molar-refractivity contribution is 5.96. The van der Waals surface area contributed by atoms with E-state index in [2.05, 4.69) is 15.1 Å². The molecule has 0 saturated carbocycles. The Kier molecular flexibility index (Phi) is 3.42. The van der Waals surface area contributed by atoms with Crippen molar-refractivity contribution < 1.29 is 14.0 Å². The molecule has 0 fully saturated rings. The van der Waals surface area contributed by atoms with Gasteiger partial charge in [0.1, 0.15) is 5.65 Å². The Morgan fingerprint density at radius 2 is 1.92 bits per heavy atom. The first-order chi connectivity index (χ1) is 11.8. The molecule has 0 aliphatic carbocycles. The Labute approximate surface area is 138 Å². The summed E-state index contributed by atoms with van der Waals surface area (Å²) in [5, 5.41) is 4.96. The van der Waals surface area contributed by atoms with E-state index in [1.165, 1.54) is 0 Å². The molecule has 4 aromatic rings. The molecule has 0 aliphatic rings. The summed E-state index contributed by atoms with van der Waals surface area (Å²) in [6.07, 6.45) is 5.30. The Morgan fingerprint density at radius 3 is 2.75 bits per heavy atom. The summed E-state index contributed by atoms with van der Waals surface area (Å²) in [6, 6.07) is 9.59. The number of rotatable bonds is 4. The summed E-state index contributed by atoms with van der Waals surface area (Å²) in [5.74, 6) is 1.95. The third-order valence-corrected chi connectivity index (χ3v) is 3.96. The number of hydrogen-bond donors (Lipinski definition) is 1. The van der Waals surface area contributed by atoms with Crippen LogP contribution in [-0.2, 0) is 0 Å². The SMILES string of the molecule is COc1cccc(-c2cnoc2-c2c[nH]c3ncccc23)c1OC. The molecule has 0 spiro atoms. The highest BCUT2D eigenvalue weighted by Gasteiger charge is 2.21. The topological polar surface area (TPSA) is 73.2 Å². The highest BCUT2D eigenvalue weighted by atomic mass is 16.5. The van der Waals surface area contributed by atoms with Crippen molar-refractivity contribution in [1.29, 1.82) is 0 Å². The molecule has 0 aliphatic heterocycles. The second kappa shape index (κ2) is 5.73. The molecule has 0 atom stereocenters. The Hall–Kier alpha value is -3.28. The number of ether oxygens (including phenoxy) is 2. The minimum absolute atomic E-state index is 0.641. The van der Waals surface area contributed by atoms with E-state index >= 15 is 0 Å². The largest absolute Gasteiger partial charge is 0.493 e. The van der Waals surface area contributed by atoms with Crippen LogP contribution in [-0.4, -0.2) is 29.3 Å². The normalized spacial score (nSPS) is 10.9. The fourth-order valence-corrected chi connectivity index (χ4v) is 2.87. The Balaban J connectivity index is 1.93. The van der Waals surface area contributed by atoms with Gasteiger partial charge in [-0.1, -0.05) is 17.3 Å². The molecular formula is C18H15N3O3. The van der Waals surface area contributed by atoms with Gasteiger partial charge in [0.25, 0.3) is 0 Å². The lowest BCUT2D eigenvalue weighted by Gasteiger charge is -2.11. The lowest BCUT2D eigenvalue weighted by atomic mass is 10.0. The van der Waals surface area contributed by atoms with Crippen molar-refractivity contribution in [2.45, 2.75) is 0 Å². The summed E-state index contributed by atoms with van der Waals surface area (Å²) in [7, 11) is 3.23. The van der Waals surface area contributed by atoms with Crippen LogP contribution < -0.4 is 9.47 Å². The van der Waals surface area contributed by atoms with Crippen LogP contribution in [0, 0.1) is 0 Å². The van der Waals surface area contributed by atoms with Crippen molar-refractivity contribution >= 4 is 11.0 Å². The zero-order valence-corrected chi connectivity index (χ0v) is 13.2. The summed E-state index contributed by atoms with van der Waals surface area (Å²) in [5.41, 5.74) is 3.38. The van der Waals surface area contributed by atoms with E-state index in [1.807, 2.05) is 36.5 Å². The first-order valence-corrected chi connectivity index (χ1v) is 7.42. The van der Waals surface area contributed by atoms with Crippen LogP contribution in [0.1, 0.15) is 0 Å². The van der Waals surface area contributed by atoms with Crippen molar-refractivity contribution in [2.24, 2.45) is 0 Å². The Morgan fingerprint density at radius 1 is 1.00 bits per heavy atom. The molecule has 3 aromatic heterocycles. The summed E-state index contributed by atoms with van der Waals surface area (Å²) in [4.78, 5) is 7.46. The van der Waals surface area contributed by atoms with E-state index in [4.69, 9.17) is 14.0 Å². The zero-order chi connectivity index (χ0) is 16.5. The number of H-pyrrole nitrogens is 1. The smallest absolute Gasteiger partial charge is 0.176 e. The fraction of sp³-hybridized carbons (Fsp3) is 0.111. The van der Waals surface area contributed by atoms with Gasteiger partial charge in [-0.05, 0) is 18.2 Å². The number of pyridine rings is 1. The number of nitrogens with zero attached hydrogens (tertiary/aromatic N) is 2. The number of nitrogens with one attached hydrogen (secondary N) is 1. The molecule has 0 amide bonds. The second-order valence-electron chi connectivity index (χ2n) is 5.21. The van der Waals surface area contributed by atoms with Gasteiger partial charge in [-0.25, -0.2) is 4.98 Å². The molecular weight excluding hydrogens is 306 g/mol. The first kappa shape index (κ1) is 14.3. The van der Waals surface area contributed by atoms with Crippen LogP contribution in [0.15, 0.2) is 53.4 Å². The van der Waals surface area contributed by atoms with Crippen molar-refractivity contribution in [1.82, 2.24) is 15.1 Å². The van der Waals surface area contributed by atoms with Crippen LogP contribution in [0.4, 0.5) is 0 Å². The quantitative estimate of drug-likeness (QED) is 0.617. The fourth-order valence-electron chi connectivity index (χ4n) is 2.87. The molecule has 24 heavy (non-hydrogen) atoms. The van der Waals surface area contributed by atoms with Crippen molar-refractivity contribution in [2.75, 3.05) is 14.2 Å². The molecule has 6 nitrogen and oxygen atoms in total. The predicted octanol–water partition coefficient (Wildman–Crippen LogP) is 3.90. The Bertz CT molecular complexity index is 1000. The average Bonchev–Trinajstić information content (AvgIpc) is 3.27. The van der Waals surface area contributed by atoms with Gasteiger partial charge < -0.3 is 19.0 Å². The summed E-state index contributed by atoms with van der Waals surface area (Å²) < 4.78 is 16.5. The predicted molar refractivity (Wildman–Crippen MR) is 90.1 cm³/mol. The maximum Gasteiger partial charge on any atom is 0.176 e. The van der Waals surface area contributed by atoms with Crippen LogP contribution >= 0.6 is 0 Å². The molecule has 3 heterocycles. The van der Waals surface area contributed by atoms with E-state index in [0.717, 1.165) is 27.7 Å². The van der Waals surface area contributed by atoms with Crippen LogP contribution in [0.5, 0.6) is 11.5 Å². The molecule has 120 valence electrons. The van der Waals surface area contributed by atoms with Crippen molar-refractivity contribution in [3.63, 3.8) is 0 Å². The van der Waals surface area contributed by atoms with Gasteiger partial charge in [0, 0.05) is 28.9 Å². The van der Waals surface area contributed by atoms with E-state index < -0.39 is 0 Å². The first-order valence-electron chi connectivity index (χ1n) is 7.42. The van der Waals surface area contributed by atoms with Crippen LogP contribution in [0.25, 0.3) is 33.5 Å². The van der Waals surface area contributed by atoms with Crippen molar-refractivity contribution in [3.8, 4) is 33.9 Å². The minimum Gasteiger partial charge on any atom is -0.493 e. The maximum absolute atomic E-state index is 5.55. The maximum atomic E-state index is 5.55. The number of hydrogen-bond acceptors (Lipinski definition) is 5. The van der Waals surface area contributed by atoms with Gasteiger partial charge >= 0.3 is 0 Å². The molecule has 4 rings (SSSR count). The molecule has 0 saturated heterocycles. The number of aromatic nitrogens is 3. The van der Waals surface area contributed by atoms with E-state index in [-0.39, 0.29) is 0 Å².